The van der Waals surface area contributed by atoms with Crippen molar-refractivity contribution in [3.05, 3.63) is 72.3 Å². The van der Waals surface area contributed by atoms with Gasteiger partial charge in [0, 0.05) is 23.4 Å². The summed E-state index contributed by atoms with van der Waals surface area (Å²) in [4.78, 5) is 0. The Bertz CT molecular complexity index is 1070. The van der Waals surface area contributed by atoms with Crippen molar-refractivity contribution in [3.8, 4) is 5.75 Å². The highest BCUT2D eigenvalue weighted by molar-refractivity contribution is 7.80. The number of anilines is 1. The van der Waals surface area contributed by atoms with Crippen LogP contribution >= 0.6 is 12.2 Å². The standard InChI is InChI=1S/C21H18N2O2S/c1-24-20-11-16-15-9-5-6-10-18(15)25-19(16)12-17(20)23-21(26)22-13-14-7-3-2-4-8-14/h2-12H,13H2,1H3,(H2,22,23,26). The molecule has 0 aliphatic rings. The highest BCUT2D eigenvalue weighted by atomic mass is 32.1. The van der Waals surface area contributed by atoms with Gasteiger partial charge in [0.15, 0.2) is 5.11 Å². The summed E-state index contributed by atoms with van der Waals surface area (Å²) in [6.45, 7) is 0.655. The zero-order valence-electron chi connectivity index (χ0n) is 14.3. The molecule has 0 atom stereocenters. The van der Waals surface area contributed by atoms with E-state index < -0.39 is 0 Å². The molecule has 4 nitrogen and oxygen atoms in total. The first-order chi connectivity index (χ1) is 12.7. The smallest absolute Gasteiger partial charge is 0.171 e. The lowest BCUT2D eigenvalue weighted by Crippen LogP contribution is -2.28. The number of thiocarbonyl (C=S) groups is 1. The van der Waals surface area contributed by atoms with Gasteiger partial charge in [-0.3, -0.25) is 0 Å². The fraction of sp³-hybridized carbons (Fsp3) is 0.0952. The van der Waals surface area contributed by atoms with Crippen molar-refractivity contribution in [1.29, 1.82) is 0 Å². The Labute approximate surface area is 156 Å². The van der Waals surface area contributed by atoms with Crippen LogP contribution in [0.2, 0.25) is 0 Å². The maximum atomic E-state index is 5.94. The largest absolute Gasteiger partial charge is 0.495 e. The van der Waals surface area contributed by atoms with Crippen LogP contribution < -0.4 is 15.4 Å². The van der Waals surface area contributed by atoms with Gasteiger partial charge >= 0.3 is 0 Å². The second-order valence-corrected chi connectivity index (χ2v) is 6.35. The monoisotopic (exact) mass is 362 g/mol. The van der Waals surface area contributed by atoms with Crippen molar-refractivity contribution in [3.63, 3.8) is 0 Å². The molecule has 26 heavy (non-hydrogen) atoms. The first kappa shape index (κ1) is 16.4. The summed E-state index contributed by atoms with van der Waals surface area (Å²) in [7, 11) is 1.65. The Kier molecular flexibility index (Phi) is 4.46. The fourth-order valence-corrected chi connectivity index (χ4v) is 3.14. The van der Waals surface area contributed by atoms with Gasteiger partial charge in [-0.2, -0.15) is 0 Å². The zero-order chi connectivity index (χ0) is 17.9. The SMILES string of the molecule is COc1cc2c(cc1NC(=S)NCc1ccccc1)oc1ccccc12. The van der Waals surface area contributed by atoms with Gasteiger partial charge in [-0.1, -0.05) is 48.5 Å². The molecule has 0 saturated carbocycles. The van der Waals surface area contributed by atoms with E-state index >= 15 is 0 Å². The molecule has 4 aromatic rings. The summed E-state index contributed by atoms with van der Waals surface area (Å²) in [5, 5.41) is 9.03. The molecule has 130 valence electrons. The third-order valence-corrected chi connectivity index (χ3v) is 4.49. The number of benzene rings is 3. The molecule has 1 aromatic heterocycles. The van der Waals surface area contributed by atoms with Crippen molar-refractivity contribution in [1.82, 2.24) is 5.32 Å². The van der Waals surface area contributed by atoms with Crippen LogP contribution in [0, 0.1) is 0 Å². The lowest BCUT2D eigenvalue weighted by atomic mass is 10.1. The molecule has 2 N–H and O–H groups in total. The first-order valence-corrected chi connectivity index (χ1v) is 8.73. The number of ether oxygens (including phenoxy) is 1. The summed E-state index contributed by atoms with van der Waals surface area (Å²) >= 11 is 5.42. The van der Waals surface area contributed by atoms with Crippen LogP contribution in [-0.4, -0.2) is 12.2 Å². The summed E-state index contributed by atoms with van der Waals surface area (Å²) in [6.07, 6.45) is 0. The molecule has 0 amide bonds. The van der Waals surface area contributed by atoms with Crippen LogP contribution in [0.5, 0.6) is 5.75 Å². The third-order valence-electron chi connectivity index (χ3n) is 4.24. The summed E-state index contributed by atoms with van der Waals surface area (Å²) in [5.74, 6) is 0.716. The topological polar surface area (TPSA) is 46.4 Å². The summed E-state index contributed by atoms with van der Waals surface area (Å²) in [5.41, 5.74) is 3.58. The number of nitrogens with one attached hydrogen (secondary N) is 2. The second-order valence-electron chi connectivity index (χ2n) is 5.94. The Morgan fingerprint density at radius 3 is 2.54 bits per heavy atom. The van der Waals surface area contributed by atoms with E-state index in [1.54, 1.807) is 7.11 Å². The average molecular weight is 362 g/mol. The van der Waals surface area contributed by atoms with Crippen molar-refractivity contribution >= 4 is 45.0 Å². The molecular formula is C21H18N2O2S. The Balaban J connectivity index is 1.59. The molecule has 0 saturated heterocycles. The lowest BCUT2D eigenvalue weighted by molar-refractivity contribution is 0.417. The van der Waals surface area contributed by atoms with E-state index in [0.717, 1.165) is 33.2 Å². The van der Waals surface area contributed by atoms with E-state index in [1.165, 1.54) is 0 Å². The van der Waals surface area contributed by atoms with E-state index in [9.17, 15) is 0 Å². The van der Waals surface area contributed by atoms with E-state index in [4.69, 9.17) is 21.4 Å². The van der Waals surface area contributed by atoms with E-state index in [2.05, 4.69) is 22.8 Å². The number of fused-ring (bicyclic) bond motifs is 3. The average Bonchev–Trinajstić information content (AvgIpc) is 3.04. The van der Waals surface area contributed by atoms with Gasteiger partial charge in [0.25, 0.3) is 0 Å². The van der Waals surface area contributed by atoms with Crippen LogP contribution in [0.25, 0.3) is 21.9 Å². The van der Waals surface area contributed by atoms with Crippen LogP contribution in [0.1, 0.15) is 5.56 Å². The quantitative estimate of drug-likeness (QED) is 0.496. The number of para-hydroxylation sites is 1. The Hall–Kier alpha value is -3.05. The molecule has 0 aliphatic heterocycles. The van der Waals surface area contributed by atoms with Gasteiger partial charge in [-0.05, 0) is 29.9 Å². The number of rotatable bonds is 4. The van der Waals surface area contributed by atoms with E-state index in [-0.39, 0.29) is 0 Å². The van der Waals surface area contributed by atoms with Crippen LogP contribution in [0.3, 0.4) is 0 Å². The highest BCUT2D eigenvalue weighted by Gasteiger charge is 2.13. The number of hydrogen-bond donors (Lipinski definition) is 2. The molecule has 5 heteroatoms. The number of furan rings is 1. The van der Waals surface area contributed by atoms with E-state index in [0.29, 0.717) is 17.4 Å². The minimum absolute atomic E-state index is 0.530. The van der Waals surface area contributed by atoms with Gasteiger partial charge in [0.1, 0.15) is 16.9 Å². The molecule has 1 heterocycles. The third kappa shape index (κ3) is 3.21. The molecule has 0 fully saturated rings. The van der Waals surface area contributed by atoms with Crippen molar-refractivity contribution in [2.75, 3.05) is 12.4 Å². The Morgan fingerprint density at radius 1 is 0.962 bits per heavy atom. The molecule has 0 radical (unpaired) electrons. The second kappa shape index (κ2) is 7.06. The summed E-state index contributed by atoms with van der Waals surface area (Å²) < 4.78 is 11.5. The molecule has 4 rings (SSSR count). The highest BCUT2D eigenvalue weighted by Crippen LogP contribution is 2.36. The van der Waals surface area contributed by atoms with Gasteiger partial charge in [-0.15, -0.1) is 0 Å². The normalized spacial score (nSPS) is 10.8. The summed E-state index contributed by atoms with van der Waals surface area (Å²) in [6, 6.07) is 22.0. The molecule has 0 spiro atoms. The van der Waals surface area contributed by atoms with Gasteiger partial charge in [0.2, 0.25) is 0 Å². The predicted octanol–water partition coefficient (Wildman–Crippen LogP) is 5.08. The maximum absolute atomic E-state index is 5.94. The Morgan fingerprint density at radius 2 is 1.73 bits per heavy atom. The maximum Gasteiger partial charge on any atom is 0.171 e. The molecule has 0 bridgehead atoms. The van der Waals surface area contributed by atoms with Crippen molar-refractivity contribution < 1.29 is 9.15 Å². The predicted molar refractivity (Wildman–Crippen MR) is 110 cm³/mol. The zero-order valence-corrected chi connectivity index (χ0v) is 15.1. The molecule has 0 aliphatic carbocycles. The van der Waals surface area contributed by atoms with Crippen LogP contribution in [-0.2, 0) is 6.54 Å². The minimum Gasteiger partial charge on any atom is -0.495 e. The van der Waals surface area contributed by atoms with Gasteiger partial charge in [0.05, 0.1) is 12.8 Å². The fourth-order valence-electron chi connectivity index (χ4n) is 2.96. The molecule has 0 unspecified atom stereocenters. The number of methoxy groups -OCH3 is 1. The van der Waals surface area contributed by atoms with Crippen LogP contribution in [0.15, 0.2) is 71.1 Å². The minimum atomic E-state index is 0.530. The molecule has 3 aromatic carbocycles. The van der Waals surface area contributed by atoms with Crippen molar-refractivity contribution in [2.45, 2.75) is 6.54 Å². The van der Waals surface area contributed by atoms with Crippen molar-refractivity contribution in [2.24, 2.45) is 0 Å². The number of hydrogen-bond acceptors (Lipinski definition) is 3. The van der Waals surface area contributed by atoms with E-state index in [1.807, 2.05) is 54.6 Å². The molecular weight excluding hydrogens is 344 g/mol. The lowest BCUT2D eigenvalue weighted by Gasteiger charge is -2.13. The van der Waals surface area contributed by atoms with Gasteiger partial charge in [-0.25, -0.2) is 0 Å². The van der Waals surface area contributed by atoms with Gasteiger partial charge < -0.3 is 19.8 Å². The first-order valence-electron chi connectivity index (χ1n) is 8.32. The van der Waals surface area contributed by atoms with Crippen LogP contribution in [0.4, 0.5) is 5.69 Å².